The highest BCUT2D eigenvalue weighted by Crippen LogP contribution is 2.38. The first-order valence-electron chi connectivity index (χ1n) is 11.6. The summed E-state index contributed by atoms with van der Waals surface area (Å²) >= 11 is 13.7. The maximum atomic E-state index is 13.4. The molecule has 6 nitrogen and oxygen atoms in total. The van der Waals surface area contributed by atoms with E-state index in [1.807, 2.05) is 42.5 Å². The number of benzene rings is 3. The van der Waals surface area contributed by atoms with Gasteiger partial charge in [0.25, 0.3) is 0 Å². The Morgan fingerprint density at radius 3 is 2.30 bits per heavy atom. The van der Waals surface area contributed by atoms with E-state index >= 15 is 0 Å². The average molecular weight is 555 g/mol. The monoisotopic (exact) mass is 554 g/mol. The molecule has 1 aliphatic rings. The van der Waals surface area contributed by atoms with Crippen LogP contribution in [0.5, 0.6) is 0 Å². The molecule has 0 bridgehead atoms. The van der Waals surface area contributed by atoms with E-state index in [1.165, 1.54) is 11.8 Å². The molecule has 2 amide bonds. The van der Waals surface area contributed by atoms with Crippen LogP contribution in [0.15, 0.2) is 89.8 Å². The van der Waals surface area contributed by atoms with Gasteiger partial charge in [0.05, 0.1) is 27.6 Å². The Balaban J connectivity index is 1.54. The number of carbonyl (C=O) groups is 3. The van der Waals surface area contributed by atoms with Crippen LogP contribution in [-0.4, -0.2) is 22.9 Å². The summed E-state index contributed by atoms with van der Waals surface area (Å²) in [7, 11) is 0. The first-order valence-corrected chi connectivity index (χ1v) is 13.2. The molecule has 3 atom stereocenters. The van der Waals surface area contributed by atoms with E-state index in [2.05, 4.69) is 10.6 Å². The number of thioether (sulfide) groups is 1. The van der Waals surface area contributed by atoms with Crippen LogP contribution < -0.4 is 10.6 Å². The molecular weight excluding hydrogens is 531 g/mol. The molecule has 0 spiro atoms. The van der Waals surface area contributed by atoms with Gasteiger partial charge < -0.3 is 15.7 Å². The number of carboxylic acids is 1. The van der Waals surface area contributed by atoms with Gasteiger partial charge in [0, 0.05) is 10.6 Å². The van der Waals surface area contributed by atoms with Crippen LogP contribution in [-0.2, 0) is 14.4 Å². The molecule has 0 saturated heterocycles. The molecule has 0 aromatic heterocycles. The van der Waals surface area contributed by atoms with Gasteiger partial charge in [-0.15, -0.1) is 11.8 Å². The second-order valence-electron chi connectivity index (χ2n) is 8.51. The summed E-state index contributed by atoms with van der Waals surface area (Å²) < 4.78 is 0. The van der Waals surface area contributed by atoms with Crippen LogP contribution in [0.4, 0.5) is 11.4 Å². The summed E-state index contributed by atoms with van der Waals surface area (Å²) in [5, 5.41) is 15.2. The summed E-state index contributed by atoms with van der Waals surface area (Å²) in [5.74, 6) is -3.01. The van der Waals surface area contributed by atoms with Gasteiger partial charge in [-0.25, -0.2) is 0 Å². The molecule has 9 heteroatoms. The minimum absolute atomic E-state index is 0.260. The fraction of sp³-hybridized carbons (Fsp3) is 0.179. The van der Waals surface area contributed by atoms with E-state index < -0.39 is 23.1 Å². The van der Waals surface area contributed by atoms with Crippen molar-refractivity contribution in [3.8, 4) is 0 Å². The number of amides is 2. The summed E-state index contributed by atoms with van der Waals surface area (Å²) in [6.45, 7) is 0. The molecule has 0 aliphatic heterocycles. The van der Waals surface area contributed by atoms with Crippen molar-refractivity contribution in [2.24, 2.45) is 11.8 Å². The van der Waals surface area contributed by atoms with Crippen LogP contribution in [0.25, 0.3) is 0 Å². The van der Waals surface area contributed by atoms with E-state index in [0.717, 1.165) is 10.5 Å². The zero-order valence-electron chi connectivity index (χ0n) is 19.6. The molecule has 3 N–H and O–H groups in total. The molecule has 0 heterocycles. The van der Waals surface area contributed by atoms with Crippen molar-refractivity contribution < 1.29 is 19.5 Å². The molecule has 0 saturated carbocycles. The van der Waals surface area contributed by atoms with Crippen LogP contribution in [0.3, 0.4) is 0 Å². The number of aliphatic carboxylic acids is 1. The minimum atomic E-state index is -0.981. The number of hydrogen-bond donors (Lipinski definition) is 3. The van der Waals surface area contributed by atoms with Crippen LogP contribution in [0.1, 0.15) is 23.7 Å². The van der Waals surface area contributed by atoms with Gasteiger partial charge >= 0.3 is 5.97 Å². The van der Waals surface area contributed by atoms with Crippen LogP contribution in [0, 0.1) is 11.8 Å². The molecule has 37 heavy (non-hydrogen) atoms. The Hall–Kier alpha value is -3.26. The Bertz CT molecular complexity index is 1330. The summed E-state index contributed by atoms with van der Waals surface area (Å²) in [6, 6.07) is 21.5. The first-order chi connectivity index (χ1) is 17.8. The topological polar surface area (TPSA) is 95.5 Å². The number of allylic oxidation sites excluding steroid dienone is 2. The lowest BCUT2D eigenvalue weighted by molar-refractivity contribution is -0.146. The molecule has 3 aromatic carbocycles. The van der Waals surface area contributed by atoms with E-state index in [-0.39, 0.29) is 16.8 Å². The third-order valence-electron chi connectivity index (χ3n) is 5.99. The Morgan fingerprint density at radius 1 is 0.865 bits per heavy atom. The highest BCUT2D eigenvalue weighted by atomic mass is 35.5. The maximum Gasteiger partial charge on any atom is 0.307 e. The van der Waals surface area contributed by atoms with Crippen LogP contribution >= 0.6 is 35.0 Å². The van der Waals surface area contributed by atoms with Gasteiger partial charge in [-0.1, -0.05) is 77.8 Å². The second-order valence-corrected chi connectivity index (χ2v) is 10.5. The second kappa shape index (κ2) is 12.3. The van der Waals surface area contributed by atoms with Crippen molar-refractivity contribution in [1.29, 1.82) is 0 Å². The van der Waals surface area contributed by atoms with Gasteiger partial charge in [-0.05, 0) is 48.7 Å². The predicted molar refractivity (Wildman–Crippen MR) is 148 cm³/mol. The summed E-state index contributed by atoms with van der Waals surface area (Å²) in [5.41, 5.74) is 1.73. The number of carboxylic acid groups (broad SMARTS) is 1. The lowest BCUT2D eigenvalue weighted by Crippen LogP contribution is -2.34. The average Bonchev–Trinajstić information content (AvgIpc) is 2.90. The van der Waals surface area contributed by atoms with Crippen molar-refractivity contribution in [3.63, 3.8) is 0 Å². The van der Waals surface area contributed by atoms with Crippen molar-refractivity contribution in [2.75, 3.05) is 10.6 Å². The van der Waals surface area contributed by atoms with E-state index in [9.17, 15) is 19.5 Å². The molecule has 4 rings (SSSR count). The zero-order chi connectivity index (χ0) is 26.4. The molecule has 0 fully saturated rings. The quantitative estimate of drug-likeness (QED) is 0.204. The molecule has 3 unspecified atom stereocenters. The van der Waals surface area contributed by atoms with Crippen molar-refractivity contribution >= 4 is 64.1 Å². The molecule has 190 valence electrons. The van der Waals surface area contributed by atoms with Crippen molar-refractivity contribution in [1.82, 2.24) is 0 Å². The lowest BCUT2D eigenvalue weighted by atomic mass is 9.82. The SMILES string of the molecule is O=C(Nc1cccc(Cl)c1Cl)C(Sc1cccc(NC(=O)C2CC=CCC2C(=O)O)c1)c1ccccc1. The largest absolute Gasteiger partial charge is 0.481 e. The minimum Gasteiger partial charge on any atom is -0.481 e. The fourth-order valence-electron chi connectivity index (χ4n) is 4.09. The highest BCUT2D eigenvalue weighted by molar-refractivity contribution is 8.00. The maximum absolute atomic E-state index is 13.4. The van der Waals surface area contributed by atoms with E-state index in [4.69, 9.17) is 23.2 Å². The zero-order valence-corrected chi connectivity index (χ0v) is 21.9. The highest BCUT2D eigenvalue weighted by Gasteiger charge is 2.34. The van der Waals surface area contributed by atoms with Gasteiger partial charge in [0.2, 0.25) is 11.8 Å². The van der Waals surface area contributed by atoms with Gasteiger partial charge in [0.1, 0.15) is 5.25 Å². The molecule has 3 aromatic rings. The Labute approximate surface area is 229 Å². The first kappa shape index (κ1) is 26.8. The molecule has 0 radical (unpaired) electrons. The van der Waals surface area contributed by atoms with Gasteiger partial charge in [-0.2, -0.15) is 0 Å². The molecule has 1 aliphatic carbocycles. The molecular formula is C28H24Cl2N2O4S. The number of carbonyl (C=O) groups excluding carboxylic acids is 2. The van der Waals surface area contributed by atoms with E-state index in [1.54, 1.807) is 42.5 Å². The number of nitrogens with one attached hydrogen (secondary N) is 2. The predicted octanol–water partition coefficient (Wildman–Crippen LogP) is 7.07. The summed E-state index contributed by atoms with van der Waals surface area (Å²) in [4.78, 5) is 38.6. The summed E-state index contributed by atoms with van der Waals surface area (Å²) in [6.07, 6.45) is 4.34. The smallest absolute Gasteiger partial charge is 0.307 e. The third-order valence-corrected chi connectivity index (χ3v) is 8.06. The van der Waals surface area contributed by atoms with Crippen molar-refractivity contribution in [2.45, 2.75) is 23.0 Å². The number of halogens is 2. The van der Waals surface area contributed by atoms with Crippen LogP contribution in [0.2, 0.25) is 10.0 Å². The third kappa shape index (κ3) is 6.74. The number of anilines is 2. The van der Waals surface area contributed by atoms with Gasteiger partial charge in [-0.3, -0.25) is 14.4 Å². The Kier molecular flexibility index (Phi) is 8.92. The fourth-order valence-corrected chi connectivity index (χ4v) is 5.53. The van der Waals surface area contributed by atoms with Gasteiger partial charge in [0.15, 0.2) is 0 Å². The normalized spacial score (nSPS) is 17.6. The number of hydrogen-bond acceptors (Lipinski definition) is 4. The standard InChI is InChI=1S/C28H24Cl2N2O4S/c29-22-14-7-15-23(24(22)30)32-27(34)25(17-8-2-1-3-9-17)37-19-11-6-10-18(16-19)31-26(33)20-12-4-5-13-21(20)28(35)36/h1-11,14-16,20-21,25H,12-13H2,(H,31,33)(H,32,34)(H,35,36). The lowest BCUT2D eigenvalue weighted by Gasteiger charge is -2.24. The Morgan fingerprint density at radius 2 is 1.57 bits per heavy atom. The van der Waals surface area contributed by atoms with Crippen molar-refractivity contribution in [3.05, 3.63) is 101 Å². The number of rotatable bonds is 8. The van der Waals surface area contributed by atoms with E-state index in [0.29, 0.717) is 29.2 Å².